The zero-order chi connectivity index (χ0) is 17.6. The number of guanidine groups is 2. The van der Waals surface area contributed by atoms with Crippen molar-refractivity contribution in [1.29, 1.82) is 0 Å². The van der Waals surface area contributed by atoms with Crippen LogP contribution in [0.1, 0.15) is 11.1 Å². The minimum absolute atomic E-state index is 0.405. The lowest BCUT2D eigenvalue weighted by Gasteiger charge is -2.06. The minimum atomic E-state index is 0.405. The van der Waals surface area contributed by atoms with Gasteiger partial charge in [0.25, 0.3) is 0 Å². The number of methoxy groups -OCH3 is 2. The molecule has 8 heteroatoms. The molecule has 0 fully saturated rings. The Kier molecular flexibility index (Phi) is 9.98. The molecule has 6 N–H and O–H groups in total. The fourth-order valence-corrected chi connectivity index (χ4v) is 1.85. The lowest BCUT2D eigenvalue weighted by Crippen LogP contribution is -2.34. The molecular weight excluding hydrogens is 308 g/mol. The molecule has 8 nitrogen and oxygen atoms in total. The summed E-state index contributed by atoms with van der Waals surface area (Å²) in [5.74, 6) is 0.809. The first-order valence-electron chi connectivity index (χ1n) is 7.79. The third-order valence-corrected chi connectivity index (χ3v) is 3.08. The Hall–Kier alpha value is -2.32. The van der Waals surface area contributed by atoms with Crippen LogP contribution in [0.5, 0.6) is 0 Å². The fraction of sp³-hybridized carbons (Fsp3) is 0.500. The van der Waals surface area contributed by atoms with E-state index in [1.807, 2.05) is 24.3 Å². The molecule has 134 valence electrons. The Labute approximate surface area is 143 Å². The van der Waals surface area contributed by atoms with Crippen LogP contribution in [0.15, 0.2) is 34.3 Å². The molecule has 24 heavy (non-hydrogen) atoms. The van der Waals surface area contributed by atoms with Gasteiger partial charge in [0, 0.05) is 27.3 Å². The molecule has 0 spiro atoms. The minimum Gasteiger partial charge on any atom is -0.383 e. The summed E-state index contributed by atoms with van der Waals surface area (Å²) in [6.07, 6.45) is 0. The van der Waals surface area contributed by atoms with Gasteiger partial charge in [0.1, 0.15) is 0 Å². The first-order valence-corrected chi connectivity index (χ1v) is 7.79. The van der Waals surface area contributed by atoms with E-state index >= 15 is 0 Å². The van der Waals surface area contributed by atoms with Gasteiger partial charge >= 0.3 is 0 Å². The summed E-state index contributed by atoms with van der Waals surface area (Å²) in [6, 6.07) is 8.01. The van der Waals surface area contributed by atoms with Gasteiger partial charge < -0.3 is 31.6 Å². The van der Waals surface area contributed by atoms with Gasteiger partial charge in [0.05, 0.1) is 26.3 Å². The van der Waals surface area contributed by atoms with Crippen LogP contribution in [0.2, 0.25) is 0 Å². The van der Waals surface area contributed by atoms with Crippen molar-refractivity contribution in [3.8, 4) is 0 Å². The molecule has 1 aromatic carbocycles. The Morgan fingerprint density at radius 2 is 1.38 bits per heavy atom. The number of aliphatic imine (C=N–C) groups is 2. The van der Waals surface area contributed by atoms with Gasteiger partial charge in [-0.15, -0.1) is 0 Å². The normalized spacial score (nSPS) is 12.2. The molecule has 0 amide bonds. The second-order valence-corrected chi connectivity index (χ2v) is 5.06. The average Bonchev–Trinajstić information content (AvgIpc) is 2.59. The molecule has 0 aromatic heterocycles. The molecule has 0 aliphatic heterocycles. The Bertz CT molecular complexity index is 490. The number of nitrogens with zero attached hydrogens (tertiary/aromatic N) is 2. The summed E-state index contributed by atoms with van der Waals surface area (Å²) < 4.78 is 9.88. The van der Waals surface area contributed by atoms with E-state index in [1.165, 1.54) is 0 Å². The zero-order valence-electron chi connectivity index (χ0n) is 14.4. The number of ether oxygens (including phenoxy) is 2. The Morgan fingerprint density at radius 1 is 0.917 bits per heavy atom. The molecule has 0 bridgehead atoms. The lowest BCUT2D eigenvalue weighted by atomic mass is 10.1. The maximum absolute atomic E-state index is 5.78. The van der Waals surface area contributed by atoms with Gasteiger partial charge in [0.15, 0.2) is 11.9 Å². The fourth-order valence-electron chi connectivity index (χ4n) is 1.85. The van der Waals surface area contributed by atoms with Gasteiger partial charge in [-0.1, -0.05) is 24.3 Å². The standard InChI is InChI=1S/C16H28N6O2/c1-23-8-6-19-15(17)21-11-13-4-3-5-14(10-13)12-22-16(18)20-7-9-24-2/h3-5,10H,6-9,11-12H2,1-2H3,(H3,17,19,21)(H3,18,20,22). The van der Waals surface area contributed by atoms with Crippen molar-refractivity contribution in [2.24, 2.45) is 21.5 Å². The monoisotopic (exact) mass is 336 g/mol. The third-order valence-electron chi connectivity index (χ3n) is 3.08. The highest BCUT2D eigenvalue weighted by Gasteiger charge is 1.98. The quantitative estimate of drug-likeness (QED) is 0.267. The topological polar surface area (TPSA) is 119 Å². The number of hydrogen-bond donors (Lipinski definition) is 4. The summed E-state index contributed by atoms with van der Waals surface area (Å²) in [5.41, 5.74) is 13.7. The number of benzene rings is 1. The van der Waals surface area contributed by atoms with Crippen molar-refractivity contribution in [2.75, 3.05) is 40.5 Å². The van der Waals surface area contributed by atoms with Crippen molar-refractivity contribution in [3.05, 3.63) is 35.4 Å². The van der Waals surface area contributed by atoms with Crippen molar-refractivity contribution < 1.29 is 9.47 Å². The number of hydrogen-bond acceptors (Lipinski definition) is 4. The van der Waals surface area contributed by atoms with E-state index in [2.05, 4.69) is 20.6 Å². The lowest BCUT2D eigenvalue weighted by molar-refractivity contribution is 0.204. The van der Waals surface area contributed by atoms with Gasteiger partial charge in [-0.25, -0.2) is 9.98 Å². The first kappa shape index (κ1) is 19.7. The van der Waals surface area contributed by atoms with E-state index in [4.69, 9.17) is 20.9 Å². The summed E-state index contributed by atoms with van der Waals surface area (Å²) in [6.45, 7) is 3.45. The van der Waals surface area contributed by atoms with Crippen LogP contribution in [-0.4, -0.2) is 52.4 Å². The maximum atomic E-state index is 5.78. The van der Waals surface area contributed by atoms with Crippen LogP contribution in [0.3, 0.4) is 0 Å². The second kappa shape index (κ2) is 12.1. The molecule has 1 aromatic rings. The predicted octanol–water partition coefficient (Wildman–Crippen LogP) is -0.212. The largest absolute Gasteiger partial charge is 0.383 e. The second-order valence-electron chi connectivity index (χ2n) is 5.06. The summed E-state index contributed by atoms with van der Waals surface area (Å²) in [7, 11) is 3.28. The van der Waals surface area contributed by atoms with E-state index in [0.717, 1.165) is 11.1 Å². The van der Waals surface area contributed by atoms with Crippen molar-refractivity contribution >= 4 is 11.9 Å². The smallest absolute Gasteiger partial charge is 0.188 e. The van der Waals surface area contributed by atoms with E-state index in [0.29, 0.717) is 51.3 Å². The maximum Gasteiger partial charge on any atom is 0.188 e. The van der Waals surface area contributed by atoms with Crippen LogP contribution in [0.25, 0.3) is 0 Å². The van der Waals surface area contributed by atoms with Crippen LogP contribution in [0.4, 0.5) is 0 Å². The third kappa shape index (κ3) is 8.96. The highest BCUT2D eigenvalue weighted by molar-refractivity contribution is 5.78. The highest BCUT2D eigenvalue weighted by atomic mass is 16.5. The summed E-state index contributed by atoms with van der Waals surface area (Å²) >= 11 is 0. The molecule has 0 aliphatic carbocycles. The van der Waals surface area contributed by atoms with Gasteiger partial charge in [-0.2, -0.15) is 0 Å². The van der Waals surface area contributed by atoms with Crippen molar-refractivity contribution in [1.82, 2.24) is 10.6 Å². The van der Waals surface area contributed by atoms with E-state index in [-0.39, 0.29) is 0 Å². The molecule has 0 saturated carbocycles. The number of rotatable bonds is 10. The SMILES string of the molecule is COCCNC(N)=NCc1cccc(CN=C(N)NCCOC)c1. The molecule has 1 rings (SSSR count). The van der Waals surface area contributed by atoms with Crippen LogP contribution < -0.4 is 22.1 Å². The highest BCUT2D eigenvalue weighted by Crippen LogP contribution is 2.07. The van der Waals surface area contributed by atoms with Crippen LogP contribution in [0, 0.1) is 0 Å². The molecule has 0 saturated heterocycles. The zero-order valence-corrected chi connectivity index (χ0v) is 14.4. The van der Waals surface area contributed by atoms with Crippen molar-refractivity contribution in [3.63, 3.8) is 0 Å². The number of nitrogens with one attached hydrogen (secondary N) is 2. The number of nitrogens with two attached hydrogens (primary N) is 2. The molecule has 0 radical (unpaired) electrons. The van der Waals surface area contributed by atoms with Crippen LogP contribution in [-0.2, 0) is 22.6 Å². The summed E-state index contributed by atoms with van der Waals surface area (Å²) in [5, 5.41) is 5.96. The van der Waals surface area contributed by atoms with E-state index < -0.39 is 0 Å². The van der Waals surface area contributed by atoms with E-state index in [1.54, 1.807) is 14.2 Å². The first-order chi connectivity index (χ1) is 11.7. The van der Waals surface area contributed by atoms with E-state index in [9.17, 15) is 0 Å². The van der Waals surface area contributed by atoms with Crippen molar-refractivity contribution in [2.45, 2.75) is 13.1 Å². The van der Waals surface area contributed by atoms with Crippen LogP contribution >= 0.6 is 0 Å². The molecule has 0 unspecified atom stereocenters. The Balaban J connectivity index is 2.48. The molecular formula is C16H28N6O2. The molecule has 0 heterocycles. The molecule has 0 atom stereocenters. The van der Waals surface area contributed by atoms with Gasteiger partial charge in [-0.05, 0) is 11.1 Å². The predicted molar refractivity (Wildman–Crippen MR) is 96.9 cm³/mol. The summed E-state index contributed by atoms with van der Waals surface area (Å²) in [4.78, 5) is 8.59. The Morgan fingerprint density at radius 3 is 1.79 bits per heavy atom. The van der Waals surface area contributed by atoms with Gasteiger partial charge in [-0.3, -0.25) is 0 Å². The average molecular weight is 336 g/mol. The molecule has 0 aliphatic rings. The van der Waals surface area contributed by atoms with Gasteiger partial charge in [0.2, 0.25) is 0 Å².